The summed E-state index contributed by atoms with van der Waals surface area (Å²) in [5.74, 6) is -0.385. The second-order valence-electron chi connectivity index (χ2n) is 6.50. The average Bonchev–Trinajstić information content (AvgIpc) is 2.99. The van der Waals surface area contributed by atoms with Gasteiger partial charge in [-0.1, -0.05) is 42.5 Å². The van der Waals surface area contributed by atoms with Gasteiger partial charge in [-0.05, 0) is 30.2 Å². The van der Waals surface area contributed by atoms with Crippen molar-refractivity contribution in [3.63, 3.8) is 0 Å². The van der Waals surface area contributed by atoms with Crippen molar-refractivity contribution in [1.82, 2.24) is 15.0 Å². The molecule has 0 spiro atoms. The molecular formula is C21H18N4O2S. The van der Waals surface area contributed by atoms with E-state index >= 15 is 0 Å². The van der Waals surface area contributed by atoms with Crippen LogP contribution >= 0.6 is 11.3 Å². The minimum atomic E-state index is -0.385. The van der Waals surface area contributed by atoms with Crippen molar-refractivity contribution >= 4 is 44.4 Å². The van der Waals surface area contributed by atoms with E-state index in [1.54, 1.807) is 6.21 Å². The van der Waals surface area contributed by atoms with E-state index in [1.807, 2.05) is 56.3 Å². The zero-order valence-corrected chi connectivity index (χ0v) is 16.3. The van der Waals surface area contributed by atoms with Crippen LogP contribution in [-0.4, -0.2) is 21.7 Å². The molecule has 0 atom stereocenters. The number of amides is 1. The molecule has 2 heterocycles. The molecule has 0 aliphatic carbocycles. The molecule has 0 saturated heterocycles. The second-order valence-corrected chi connectivity index (χ2v) is 7.71. The number of nitrogens with one attached hydrogen (secondary N) is 1. The maximum atomic E-state index is 12.7. The minimum Gasteiger partial charge on any atom is -0.289 e. The van der Waals surface area contributed by atoms with Crippen molar-refractivity contribution < 1.29 is 4.79 Å². The Morgan fingerprint density at radius 3 is 2.86 bits per heavy atom. The predicted molar refractivity (Wildman–Crippen MR) is 113 cm³/mol. The van der Waals surface area contributed by atoms with E-state index in [1.165, 1.54) is 22.2 Å². The highest BCUT2D eigenvalue weighted by Gasteiger charge is 2.13. The van der Waals surface area contributed by atoms with E-state index in [4.69, 9.17) is 0 Å². The highest BCUT2D eigenvalue weighted by molar-refractivity contribution is 7.18. The number of fused-ring (bicyclic) bond motifs is 2. The fraction of sp³-hybridized carbons (Fsp3) is 0.143. The molecule has 2 aromatic heterocycles. The average molecular weight is 390 g/mol. The summed E-state index contributed by atoms with van der Waals surface area (Å²) in [5, 5.41) is 6.78. The number of hydrogen-bond donors (Lipinski definition) is 1. The quantitative estimate of drug-likeness (QED) is 0.429. The zero-order valence-electron chi connectivity index (χ0n) is 15.5. The van der Waals surface area contributed by atoms with Gasteiger partial charge in [-0.15, -0.1) is 11.3 Å². The third kappa shape index (κ3) is 3.32. The van der Waals surface area contributed by atoms with Crippen LogP contribution in [0.4, 0.5) is 0 Å². The first-order chi connectivity index (χ1) is 13.5. The smallest absolute Gasteiger partial charge is 0.262 e. The monoisotopic (exact) mass is 390 g/mol. The van der Waals surface area contributed by atoms with Crippen LogP contribution in [0.25, 0.3) is 21.0 Å². The summed E-state index contributed by atoms with van der Waals surface area (Å²) < 4.78 is 1.31. The number of carbonyl (C=O) groups excluding carboxylic acids is 1. The van der Waals surface area contributed by atoms with Gasteiger partial charge in [0.15, 0.2) is 0 Å². The number of nitrogens with zero attached hydrogens (tertiary/aromatic N) is 3. The molecule has 0 bridgehead atoms. The maximum Gasteiger partial charge on any atom is 0.262 e. The van der Waals surface area contributed by atoms with Gasteiger partial charge in [-0.2, -0.15) is 5.10 Å². The Morgan fingerprint density at radius 2 is 2.00 bits per heavy atom. The molecule has 0 fully saturated rings. The van der Waals surface area contributed by atoms with Crippen LogP contribution in [0.3, 0.4) is 0 Å². The van der Waals surface area contributed by atoms with E-state index in [-0.39, 0.29) is 18.0 Å². The molecule has 0 saturated carbocycles. The topological polar surface area (TPSA) is 76.3 Å². The Kier molecular flexibility index (Phi) is 4.75. The maximum absolute atomic E-state index is 12.7. The lowest BCUT2D eigenvalue weighted by molar-refractivity contribution is -0.121. The second kappa shape index (κ2) is 7.36. The van der Waals surface area contributed by atoms with E-state index in [9.17, 15) is 9.59 Å². The Hall–Kier alpha value is -3.32. The number of rotatable bonds is 4. The lowest BCUT2D eigenvalue weighted by Gasteiger charge is -2.05. The number of hydrazone groups is 1. The Bertz CT molecular complexity index is 1280. The van der Waals surface area contributed by atoms with Gasteiger partial charge in [0.25, 0.3) is 11.5 Å². The van der Waals surface area contributed by atoms with Gasteiger partial charge in [0.2, 0.25) is 0 Å². The van der Waals surface area contributed by atoms with Crippen LogP contribution < -0.4 is 11.0 Å². The molecule has 0 aliphatic rings. The summed E-state index contributed by atoms with van der Waals surface area (Å²) in [6.07, 6.45) is 3.02. The molecule has 0 radical (unpaired) electrons. The Morgan fingerprint density at radius 1 is 1.21 bits per heavy atom. The van der Waals surface area contributed by atoms with Crippen molar-refractivity contribution in [2.75, 3.05) is 0 Å². The van der Waals surface area contributed by atoms with E-state index in [2.05, 4.69) is 15.5 Å². The molecular weight excluding hydrogens is 372 g/mol. The molecule has 0 unspecified atom stereocenters. The van der Waals surface area contributed by atoms with Gasteiger partial charge in [-0.25, -0.2) is 10.4 Å². The fourth-order valence-electron chi connectivity index (χ4n) is 3.11. The Labute approximate surface area is 165 Å². The molecule has 4 aromatic rings. The number of aromatic nitrogens is 2. The molecule has 6 nitrogen and oxygen atoms in total. The lowest BCUT2D eigenvalue weighted by atomic mass is 10.1. The van der Waals surface area contributed by atoms with Gasteiger partial charge in [0.05, 0.1) is 17.9 Å². The van der Waals surface area contributed by atoms with Crippen LogP contribution in [0.1, 0.15) is 16.0 Å². The van der Waals surface area contributed by atoms with Crippen LogP contribution in [0.15, 0.2) is 58.7 Å². The van der Waals surface area contributed by atoms with Crippen molar-refractivity contribution in [2.45, 2.75) is 20.4 Å². The van der Waals surface area contributed by atoms with Crippen molar-refractivity contribution in [3.05, 3.63) is 75.1 Å². The number of aryl methyl sites for hydroxylation is 2. The van der Waals surface area contributed by atoms with Crippen LogP contribution in [0.5, 0.6) is 0 Å². The predicted octanol–water partition coefficient (Wildman–Crippen LogP) is 3.38. The minimum absolute atomic E-state index is 0.136. The van der Waals surface area contributed by atoms with Gasteiger partial charge in [-0.3, -0.25) is 14.2 Å². The van der Waals surface area contributed by atoms with Gasteiger partial charge < -0.3 is 0 Å². The number of hydrogen-bond acceptors (Lipinski definition) is 5. The third-order valence-electron chi connectivity index (χ3n) is 4.69. The first-order valence-electron chi connectivity index (χ1n) is 8.79. The lowest BCUT2D eigenvalue weighted by Crippen LogP contribution is -2.30. The standard InChI is InChI=1S/C21H18N4O2S/c1-13-14(2)28-20-19(13)21(27)25(12-22-20)11-18(26)24-23-10-16-8-5-7-15-6-3-4-9-17(15)16/h3-10,12H,11H2,1-2H3,(H,24,26). The highest BCUT2D eigenvalue weighted by atomic mass is 32.1. The number of benzene rings is 2. The largest absolute Gasteiger partial charge is 0.289 e. The zero-order chi connectivity index (χ0) is 19.7. The summed E-state index contributed by atoms with van der Waals surface area (Å²) in [6.45, 7) is 3.72. The van der Waals surface area contributed by atoms with E-state index in [0.29, 0.717) is 10.2 Å². The van der Waals surface area contributed by atoms with Crippen LogP contribution in [0.2, 0.25) is 0 Å². The first-order valence-corrected chi connectivity index (χ1v) is 9.61. The molecule has 1 N–H and O–H groups in total. The summed E-state index contributed by atoms with van der Waals surface area (Å²) >= 11 is 1.48. The molecule has 7 heteroatoms. The highest BCUT2D eigenvalue weighted by Crippen LogP contribution is 2.25. The molecule has 4 rings (SSSR count). The van der Waals surface area contributed by atoms with Gasteiger partial charge >= 0.3 is 0 Å². The summed E-state index contributed by atoms with van der Waals surface area (Å²) in [5.41, 5.74) is 4.10. The molecule has 140 valence electrons. The third-order valence-corrected chi connectivity index (χ3v) is 5.80. The normalized spacial score (nSPS) is 11.5. The van der Waals surface area contributed by atoms with Gasteiger partial charge in [0, 0.05) is 10.4 Å². The van der Waals surface area contributed by atoms with Crippen molar-refractivity contribution in [1.29, 1.82) is 0 Å². The SMILES string of the molecule is Cc1sc2ncn(CC(=O)NN=Cc3cccc4ccccc34)c(=O)c2c1C. The molecule has 2 aromatic carbocycles. The van der Waals surface area contributed by atoms with Crippen molar-refractivity contribution in [3.8, 4) is 0 Å². The first kappa shape index (κ1) is 18.1. The number of carbonyl (C=O) groups is 1. The van der Waals surface area contributed by atoms with Crippen LogP contribution in [0, 0.1) is 13.8 Å². The summed E-state index contributed by atoms with van der Waals surface area (Å²) in [7, 11) is 0. The van der Waals surface area contributed by atoms with E-state index < -0.39 is 0 Å². The van der Waals surface area contributed by atoms with Crippen molar-refractivity contribution in [2.24, 2.45) is 5.10 Å². The molecule has 28 heavy (non-hydrogen) atoms. The molecule has 1 amide bonds. The summed E-state index contributed by atoms with van der Waals surface area (Å²) in [6, 6.07) is 13.9. The Balaban J connectivity index is 1.51. The summed E-state index contributed by atoms with van der Waals surface area (Å²) in [4.78, 5) is 30.9. The number of thiophene rings is 1. The van der Waals surface area contributed by atoms with Gasteiger partial charge in [0.1, 0.15) is 11.4 Å². The fourth-order valence-corrected chi connectivity index (χ4v) is 4.10. The van der Waals surface area contributed by atoms with Crippen LogP contribution in [-0.2, 0) is 11.3 Å². The van der Waals surface area contributed by atoms with E-state index in [0.717, 1.165) is 26.8 Å². The molecule has 0 aliphatic heterocycles.